The zero-order chi connectivity index (χ0) is 13.9. The molecule has 1 heterocycles. The predicted molar refractivity (Wildman–Crippen MR) is 87.2 cm³/mol. The Kier molecular flexibility index (Phi) is 5.32. The molecule has 1 fully saturated rings. The molecule has 108 valence electrons. The molecular weight excluding hydrogens is 272 g/mol. The van der Waals surface area contributed by atoms with Gasteiger partial charge in [0, 0.05) is 34.3 Å². The predicted octanol–water partition coefficient (Wildman–Crippen LogP) is 4.20. The fraction of sp³-hybridized carbons (Fsp3) is 0.800. The van der Waals surface area contributed by atoms with Gasteiger partial charge in [-0.3, -0.25) is 0 Å². The van der Waals surface area contributed by atoms with Gasteiger partial charge >= 0.3 is 0 Å². The molecule has 2 atom stereocenters. The number of nitrogens with zero attached hydrogens (tertiary/aromatic N) is 1. The number of hydrogen-bond donors (Lipinski definition) is 1. The Balaban J connectivity index is 1.79. The molecule has 1 saturated carbocycles. The Hall–Kier alpha value is -0.0600. The van der Waals surface area contributed by atoms with Crippen LogP contribution in [0, 0.1) is 0 Å². The molecule has 1 aliphatic carbocycles. The smallest absolute Gasteiger partial charge is 0.0981 e. The molecule has 1 aromatic rings. The molecule has 1 aromatic heterocycles. The molecule has 0 amide bonds. The largest absolute Gasteiger partial charge is 0.309 e. The van der Waals surface area contributed by atoms with E-state index in [9.17, 15) is 0 Å². The van der Waals surface area contributed by atoms with Crippen LogP contribution in [0.4, 0.5) is 0 Å². The first-order valence-corrected chi connectivity index (χ1v) is 9.15. The maximum absolute atomic E-state index is 4.55. The molecular formula is C15H26N2S2. The van der Waals surface area contributed by atoms with Crippen molar-refractivity contribution in [3.63, 3.8) is 0 Å². The highest BCUT2D eigenvalue weighted by Crippen LogP contribution is 2.30. The summed E-state index contributed by atoms with van der Waals surface area (Å²) < 4.78 is 0. The van der Waals surface area contributed by atoms with Crippen LogP contribution in [0.3, 0.4) is 0 Å². The van der Waals surface area contributed by atoms with Gasteiger partial charge in [0.1, 0.15) is 0 Å². The number of thioether (sulfide) groups is 1. The van der Waals surface area contributed by atoms with Crippen molar-refractivity contribution in [3.8, 4) is 0 Å². The van der Waals surface area contributed by atoms with Crippen molar-refractivity contribution in [2.45, 2.75) is 70.2 Å². The fourth-order valence-electron chi connectivity index (χ4n) is 2.49. The van der Waals surface area contributed by atoms with Crippen LogP contribution in [0.25, 0.3) is 0 Å². The molecule has 2 rings (SSSR count). The Morgan fingerprint density at radius 3 is 2.84 bits per heavy atom. The van der Waals surface area contributed by atoms with Gasteiger partial charge in [-0.05, 0) is 25.0 Å². The van der Waals surface area contributed by atoms with Crippen LogP contribution in [0.15, 0.2) is 6.20 Å². The molecule has 2 nitrogen and oxygen atoms in total. The molecule has 2 unspecified atom stereocenters. The zero-order valence-corrected chi connectivity index (χ0v) is 14.2. The number of nitrogens with one attached hydrogen (secondary N) is 1. The zero-order valence-electron chi connectivity index (χ0n) is 12.5. The minimum atomic E-state index is 0.180. The van der Waals surface area contributed by atoms with Crippen LogP contribution in [0.1, 0.15) is 56.8 Å². The summed E-state index contributed by atoms with van der Waals surface area (Å²) in [6.45, 7) is 9.93. The fourth-order valence-corrected chi connectivity index (χ4v) is 4.56. The van der Waals surface area contributed by atoms with Crippen molar-refractivity contribution in [3.05, 3.63) is 16.1 Å². The van der Waals surface area contributed by atoms with Crippen molar-refractivity contribution in [1.29, 1.82) is 0 Å². The average molecular weight is 299 g/mol. The minimum Gasteiger partial charge on any atom is -0.309 e. The summed E-state index contributed by atoms with van der Waals surface area (Å²) in [4.78, 5) is 5.92. The van der Waals surface area contributed by atoms with E-state index in [-0.39, 0.29) is 5.41 Å². The Bertz CT molecular complexity index is 395. The number of aromatic nitrogens is 1. The maximum atomic E-state index is 4.55. The quantitative estimate of drug-likeness (QED) is 0.881. The summed E-state index contributed by atoms with van der Waals surface area (Å²) >= 11 is 3.98. The molecule has 19 heavy (non-hydrogen) atoms. The van der Waals surface area contributed by atoms with Crippen molar-refractivity contribution in [1.82, 2.24) is 10.3 Å². The molecule has 0 spiro atoms. The topological polar surface area (TPSA) is 24.9 Å². The lowest BCUT2D eigenvalue weighted by atomic mass is 9.98. The third-order valence-corrected chi connectivity index (χ3v) is 6.20. The third-order valence-electron chi connectivity index (χ3n) is 3.55. The van der Waals surface area contributed by atoms with E-state index in [0.717, 1.165) is 11.8 Å². The highest BCUT2D eigenvalue weighted by molar-refractivity contribution is 7.99. The second-order valence-corrected chi connectivity index (χ2v) is 9.04. The van der Waals surface area contributed by atoms with Crippen molar-refractivity contribution < 1.29 is 0 Å². The highest BCUT2D eigenvalue weighted by Gasteiger charge is 2.24. The first kappa shape index (κ1) is 15.3. The van der Waals surface area contributed by atoms with Crippen LogP contribution in [0.2, 0.25) is 0 Å². The first-order chi connectivity index (χ1) is 8.99. The van der Waals surface area contributed by atoms with Gasteiger partial charge in [0.25, 0.3) is 0 Å². The van der Waals surface area contributed by atoms with Crippen LogP contribution in [-0.4, -0.2) is 22.0 Å². The summed E-state index contributed by atoms with van der Waals surface area (Å²) in [6, 6.07) is 0.712. The van der Waals surface area contributed by atoms with E-state index in [1.54, 1.807) is 0 Å². The van der Waals surface area contributed by atoms with Gasteiger partial charge < -0.3 is 5.32 Å². The van der Waals surface area contributed by atoms with Gasteiger partial charge in [0.2, 0.25) is 0 Å². The molecule has 0 aliphatic heterocycles. The van der Waals surface area contributed by atoms with E-state index < -0.39 is 0 Å². The molecule has 4 heteroatoms. The van der Waals surface area contributed by atoms with Crippen LogP contribution in [0.5, 0.6) is 0 Å². The lowest BCUT2D eigenvalue weighted by Gasteiger charge is -2.14. The van der Waals surface area contributed by atoms with Gasteiger partial charge in [0.05, 0.1) is 5.01 Å². The average Bonchev–Trinajstić information content (AvgIpc) is 2.94. The molecule has 1 aliphatic rings. The summed E-state index contributed by atoms with van der Waals surface area (Å²) in [7, 11) is 0. The lowest BCUT2D eigenvalue weighted by Crippen LogP contribution is -2.25. The summed E-state index contributed by atoms with van der Waals surface area (Å²) in [5.41, 5.74) is 0.180. The minimum absolute atomic E-state index is 0.180. The van der Waals surface area contributed by atoms with Gasteiger partial charge in [-0.25, -0.2) is 4.98 Å². The van der Waals surface area contributed by atoms with Crippen molar-refractivity contribution in [2.24, 2.45) is 0 Å². The second-order valence-electron chi connectivity index (χ2n) is 6.35. The Morgan fingerprint density at radius 1 is 1.42 bits per heavy atom. The molecule has 0 saturated heterocycles. The highest BCUT2D eigenvalue weighted by atomic mass is 32.2. The third kappa shape index (κ3) is 4.47. The molecule has 0 radical (unpaired) electrons. The van der Waals surface area contributed by atoms with E-state index in [1.165, 1.54) is 34.9 Å². The number of hydrogen-bond acceptors (Lipinski definition) is 4. The molecule has 0 aromatic carbocycles. The Morgan fingerprint density at radius 2 is 2.21 bits per heavy atom. The summed E-state index contributed by atoms with van der Waals surface area (Å²) in [5.74, 6) is 1.25. The van der Waals surface area contributed by atoms with Gasteiger partial charge in [0.15, 0.2) is 0 Å². The number of thiazole rings is 1. The van der Waals surface area contributed by atoms with Gasteiger partial charge in [-0.1, -0.05) is 27.7 Å². The lowest BCUT2D eigenvalue weighted by molar-refractivity contribution is 0.528. The monoisotopic (exact) mass is 298 g/mol. The SMILES string of the molecule is CCSC1CCC(NCc2cnc(C(C)(C)C)s2)C1. The van der Waals surface area contributed by atoms with E-state index >= 15 is 0 Å². The van der Waals surface area contributed by atoms with Crippen LogP contribution in [-0.2, 0) is 12.0 Å². The summed E-state index contributed by atoms with van der Waals surface area (Å²) in [5, 5.41) is 5.84. The normalized spacial score (nSPS) is 24.0. The molecule has 1 N–H and O–H groups in total. The Labute approximate surface area is 125 Å². The van der Waals surface area contributed by atoms with E-state index in [4.69, 9.17) is 0 Å². The maximum Gasteiger partial charge on any atom is 0.0981 e. The number of rotatable bonds is 5. The first-order valence-electron chi connectivity index (χ1n) is 7.29. The van der Waals surface area contributed by atoms with Crippen LogP contribution < -0.4 is 5.32 Å². The van der Waals surface area contributed by atoms with Crippen molar-refractivity contribution >= 4 is 23.1 Å². The van der Waals surface area contributed by atoms with Gasteiger partial charge in [-0.2, -0.15) is 11.8 Å². The van der Waals surface area contributed by atoms with E-state index in [2.05, 4.69) is 49.8 Å². The standard InChI is InChI=1S/C15H26N2S2/c1-5-18-12-7-6-11(8-12)16-9-13-10-17-14(19-13)15(2,3)4/h10-12,16H,5-9H2,1-4H3. The second kappa shape index (κ2) is 6.59. The summed E-state index contributed by atoms with van der Waals surface area (Å²) in [6.07, 6.45) is 6.10. The van der Waals surface area contributed by atoms with E-state index in [0.29, 0.717) is 6.04 Å². The van der Waals surface area contributed by atoms with Crippen LogP contribution >= 0.6 is 23.1 Å². The van der Waals surface area contributed by atoms with E-state index in [1.807, 2.05) is 17.5 Å². The molecule has 0 bridgehead atoms. The van der Waals surface area contributed by atoms with Crippen molar-refractivity contribution in [2.75, 3.05) is 5.75 Å². The van der Waals surface area contributed by atoms with Gasteiger partial charge in [-0.15, -0.1) is 11.3 Å².